The lowest BCUT2D eigenvalue weighted by atomic mass is 9.94. The number of hydrogen-bond donors (Lipinski definition) is 2. The van der Waals surface area contributed by atoms with Crippen molar-refractivity contribution in [1.82, 2.24) is 15.2 Å². The van der Waals surface area contributed by atoms with Crippen LogP contribution in [0.15, 0.2) is 48.8 Å². The SMILES string of the molecule is O=C(C[C@H]1CC[C@@H]2[C@H](COC[C@@H](O)CN2C(=O)c2cccnc2)O1)NC1Cc2ccccc2C1. The quantitative estimate of drug-likeness (QED) is 0.710. The molecule has 2 aromatic rings. The Morgan fingerprint density at radius 3 is 2.62 bits per heavy atom. The maximum atomic E-state index is 13.2. The first-order valence-electron chi connectivity index (χ1n) is 12.0. The molecule has 1 aliphatic carbocycles. The molecule has 2 fully saturated rings. The molecule has 0 spiro atoms. The van der Waals surface area contributed by atoms with E-state index in [0.29, 0.717) is 18.4 Å². The number of rotatable bonds is 4. The van der Waals surface area contributed by atoms with E-state index >= 15 is 0 Å². The predicted molar refractivity (Wildman–Crippen MR) is 124 cm³/mol. The third-order valence-electron chi connectivity index (χ3n) is 6.98. The zero-order valence-electron chi connectivity index (χ0n) is 19.1. The molecule has 34 heavy (non-hydrogen) atoms. The molecule has 5 rings (SSSR count). The average molecular weight is 466 g/mol. The highest BCUT2D eigenvalue weighted by Crippen LogP contribution is 2.29. The second-order valence-corrected chi connectivity index (χ2v) is 9.48. The number of ether oxygens (including phenoxy) is 2. The van der Waals surface area contributed by atoms with Gasteiger partial charge in [0.25, 0.3) is 5.91 Å². The number of hydrogen-bond acceptors (Lipinski definition) is 6. The van der Waals surface area contributed by atoms with Crippen molar-refractivity contribution in [2.45, 2.75) is 62.5 Å². The van der Waals surface area contributed by atoms with Crippen LogP contribution in [-0.2, 0) is 27.1 Å². The van der Waals surface area contributed by atoms with Crippen LogP contribution in [0.5, 0.6) is 0 Å². The Kier molecular flexibility index (Phi) is 6.89. The first-order chi connectivity index (χ1) is 16.6. The van der Waals surface area contributed by atoms with Crippen molar-refractivity contribution in [3.05, 3.63) is 65.5 Å². The number of aliphatic hydroxyl groups is 1. The van der Waals surface area contributed by atoms with Crippen LogP contribution in [0.3, 0.4) is 0 Å². The number of nitrogens with one attached hydrogen (secondary N) is 1. The van der Waals surface area contributed by atoms with Gasteiger partial charge in [-0.1, -0.05) is 24.3 Å². The van der Waals surface area contributed by atoms with E-state index in [9.17, 15) is 14.7 Å². The number of pyridine rings is 1. The van der Waals surface area contributed by atoms with Gasteiger partial charge >= 0.3 is 0 Å². The summed E-state index contributed by atoms with van der Waals surface area (Å²) in [6, 6.07) is 11.7. The highest BCUT2D eigenvalue weighted by molar-refractivity contribution is 5.94. The van der Waals surface area contributed by atoms with Gasteiger partial charge in [0, 0.05) is 25.0 Å². The van der Waals surface area contributed by atoms with Crippen molar-refractivity contribution < 1.29 is 24.2 Å². The molecule has 2 aliphatic heterocycles. The lowest BCUT2D eigenvalue weighted by molar-refractivity contribution is -0.151. The van der Waals surface area contributed by atoms with E-state index in [4.69, 9.17) is 9.47 Å². The Morgan fingerprint density at radius 1 is 1.09 bits per heavy atom. The number of carbonyl (C=O) groups is 2. The minimum atomic E-state index is -0.763. The van der Waals surface area contributed by atoms with E-state index in [1.165, 1.54) is 17.3 Å². The number of aromatic nitrogens is 1. The molecule has 3 aliphatic rings. The van der Waals surface area contributed by atoms with E-state index in [-0.39, 0.29) is 62.3 Å². The van der Waals surface area contributed by atoms with Gasteiger partial charge in [0.15, 0.2) is 0 Å². The van der Waals surface area contributed by atoms with Crippen molar-refractivity contribution in [1.29, 1.82) is 0 Å². The summed E-state index contributed by atoms with van der Waals surface area (Å²) < 4.78 is 12.0. The van der Waals surface area contributed by atoms with E-state index in [1.54, 1.807) is 23.2 Å². The lowest BCUT2D eigenvalue weighted by Crippen LogP contribution is -2.57. The topological polar surface area (TPSA) is 101 Å². The Hall–Kier alpha value is -2.81. The number of fused-ring (bicyclic) bond motifs is 2. The maximum Gasteiger partial charge on any atom is 0.255 e. The Bertz CT molecular complexity index is 992. The third-order valence-corrected chi connectivity index (χ3v) is 6.98. The molecule has 3 heterocycles. The highest BCUT2D eigenvalue weighted by atomic mass is 16.5. The van der Waals surface area contributed by atoms with Crippen LogP contribution in [0.4, 0.5) is 0 Å². The molecule has 8 nitrogen and oxygen atoms in total. The van der Waals surface area contributed by atoms with Crippen molar-refractivity contribution in [3.8, 4) is 0 Å². The molecular formula is C26H31N3O5. The molecule has 0 bridgehead atoms. The molecule has 2 saturated heterocycles. The molecule has 8 heteroatoms. The van der Waals surface area contributed by atoms with Crippen molar-refractivity contribution in [2.24, 2.45) is 0 Å². The average Bonchev–Trinajstić information content (AvgIpc) is 3.24. The smallest absolute Gasteiger partial charge is 0.255 e. The van der Waals surface area contributed by atoms with Gasteiger partial charge in [-0.15, -0.1) is 0 Å². The largest absolute Gasteiger partial charge is 0.389 e. The summed E-state index contributed by atoms with van der Waals surface area (Å²) >= 11 is 0. The van der Waals surface area contributed by atoms with Gasteiger partial charge in [0.05, 0.1) is 43.4 Å². The number of β-amino-alcohol motifs (C(OH)–C–C–N with tert-alkyl or cyclic N) is 1. The summed E-state index contributed by atoms with van der Waals surface area (Å²) in [5.74, 6) is -0.184. The van der Waals surface area contributed by atoms with Crippen LogP contribution >= 0.6 is 0 Å². The van der Waals surface area contributed by atoms with Crippen LogP contribution in [0.25, 0.3) is 0 Å². The lowest BCUT2D eigenvalue weighted by Gasteiger charge is -2.44. The van der Waals surface area contributed by atoms with Crippen LogP contribution in [0.1, 0.15) is 40.7 Å². The fourth-order valence-electron chi connectivity index (χ4n) is 5.38. The van der Waals surface area contributed by atoms with Gasteiger partial charge in [0.2, 0.25) is 5.91 Å². The molecule has 2 N–H and O–H groups in total. The second-order valence-electron chi connectivity index (χ2n) is 9.48. The van der Waals surface area contributed by atoms with Crippen LogP contribution < -0.4 is 5.32 Å². The maximum absolute atomic E-state index is 13.2. The molecule has 0 saturated carbocycles. The van der Waals surface area contributed by atoms with E-state index in [2.05, 4.69) is 22.4 Å². The number of aliphatic hydroxyl groups excluding tert-OH is 1. The van der Waals surface area contributed by atoms with Crippen LogP contribution in [-0.4, -0.2) is 77.0 Å². The van der Waals surface area contributed by atoms with Crippen LogP contribution in [0, 0.1) is 0 Å². The summed E-state index contributed by atoms with van der Waals surface area (Å²) in [7, 11) is 0. The monoisotopic (exact) mass is 465 g/mol. The van der Waals surface area contributed by atoms with Gasteiger partial charge < -0.3 is 24.8 Å². The summed E-state index contributed by atoms with van der Waals surface area (Å²) in [6.07, 6.45) is 5.17. The van der Waals surface area contributed by atoms with Gasteiger partial charge in [-0.05, 0) is 48.9 Å². The number of nitrogens with zero attached hydrogens (tertiary/aromatic N) is 2. The minimum Gasteiger partial charge on any atom is -0.389 e. The van der Waals surface area contributed by atoms with Crippen molar-refractivity contribution in [2.75, 3.05) is 19.8 Å². The fraction of sp³-hybridized carbons (Fsp3) is 0.500. The van der Waals surface area contributed by atoms with E-state index in [1.807, 2.05) is 12.1 Å². The predicted octanol–water partition coefficient (Wildman–Crippen LogP) is 1.50. The first-order valence-corrected chi connectivity index (χ1v) is 12.0. The van der Waals surface area contributed by atoms with Gasteiger partial charge in [-0.25, -0.2) is 0 Å². The summed E-state index contributed by atoms with van der Waals surface area (Å²) in [4.78, 5) is 31.8. The number of amides is 2. The number of benzene rings is 1. The molecule has 4 atom stereocenters. The second kappa shape index (κ2) is 10.2. The zero-order chi connectivity index (χ0) is 23.5. The van der Waals surface area contributed by atoms with Gasteiger partial charge in [-0.2, -0.15) is 0 Å². The summed E-state index contributed by atoms with van der Waals surface area (Å²) in [5, 5.41) is 13.5. The molecule has 2 amide bonds. The Labute approximate surface area is 199 Å². The fourth-order valence-corrected chi connectivity index (χ4v) is 5.38. The van der Waals surface area contributed by atoms with Gasteiger partial charge in [-0.3, -0.25) is 14.6 Å². The first kappa shape index (κ1) is 23.0. The Balaban J connectivity index is 1.20. The standard InChI is InChI=1S/C26H31N3O5/c30-21-14-29(26(32)19-6-3-9-27-13-19)23-8-7-22(34-24(23)16-33-15-21)12-25(31)28-20-10-17-4-1-2-5-18(17)11-20/h1-6,9,13,20-24,30H,7-8,10-12,14-16H2,(H,28,31)/t21-,22+,23+,24-/m0/s1. The molecule has 180 valence electrons. The molecule has 0 radical (unpaired) electrons. The van der Waals surface area contributed by atoms with Crippen molar-refractivity contribution >= 4 is 11.8 Å². The summed E-state index contributed by atoms with van der Waals surface area (Å²) in [5.41, 5.74) is 3.09. The molecule has 1 aromatic carbocycles. The molecule has 1 aromatic heterocycles. The third kappa shape index (κ3) is 5.14. The minimum absolute atomic E-state index is 0.00765. The molecular weight excluding hydrogens is 434 g/mol. The molecule has 0 unspecified atom stereocenters. The van der Waals surface area contributed by atoms with E-state index < -0.39 is 6.10 Å². The Morgan fingerprint density at radius 2 is 1.88 bits per heavy atom. The highest BCUT2D eigenvalue weighted by Gasteiger charge is 2.40. The van der Waals surface area contributed by atoms with Crippen molar-refractivity contribution in [3.63, 3.8) is 0 Å². The number of carbonyl (C=O) groups excluding carboxylic acids is 2. The summed E-state index contributed by atoms with van der Waals surface area (Å²) in [6.45, 7) is 0.580. The van der Waals surface area contributed by atoms with Crippen LogP contribution in [0.2, 0.25) is 0 Å². The van der Waals surface area contributed by atoms with E-state index in [0.717, 1.165) is 12.8 Å². The zero-order valence-corrected chi connectivity index (χ0v) is 19.1. The van der Waals surface area contributed by atoms with Gasteiger partial charge in [0.1, 0.15) is 6.10 Å². The normalized spacial score (nSPS) is 27.3.